The van der Waals surface area contributed by atoms with Crippen LogP contribution >= 0.6 is 0 Å². The Morgan fingerprint density at radius 1 is 1.08 bits per heavy atom. The zero-order chi connectivity index (χ0) is 18.9. The Morgan fingerprint density at radius 2 is 1.65 bits per heavy atom. The first-order valence-corrected chi connectivity index (χ1v) is 8.76. The molecule has 0 bridgehead atoms. The third kappa shape index (κ3) is 1.87. The summed E-state index contributed by atoms with van der Waals surface area (Å²) in [5.41, 5.74) is -1.38. The van der Waals surface area contributed by atoms with Crippen LogP contribution in [0.4, 0.5) is 0 Å². The summed E-state index contributed by atoms with van der Waals surface area (Å²) >= 11 is 0. The normalized spacial score (nSPS) is 28.5. The Bertz CT molecular complexity index is 912. The number of nitrogens with zero attached hydrogens (tertiary/aromatic N) is 1. The lowest BCUT2D eigenvalue weighted by Crippen LogP contribution is -2.54. The van der Waals surface area contributed by atoms with E-state index in [9.17, 15) is 19.6 Å². The molecule has 1 aliphatic heterocycles. The van der Waals surface area contributed by atoms with Crippen molar-refractivity contribution >= 4 is 17.3 Å². The second kappa shape index (κ2) is 5.14. The van der Waals surface area contributed by atoms with E-state index in [-0.39, 0.29) is 34.3 Å². The molecule has 5 nitrogen and oxygen atoms in total. The highest BCUT2D eigenvalue weighted by Gasteiger charge is 2.67. The lowest BCUT2D eigenvalue weighted by atomic mass is 9.58. The lowest BCUT2D eigenvalue weighted by molar-refractivity contribution is -0.121. The van der Waals surface area contributed by atoms with Gasteiger partial charge in [0.2, 0.25) is 0 Å². The molecule has 0 aromatic heterocycles. The number of rotatable bonds is 0. The Hall–Kier alpha value is -2.74. The van der Waals surface area contributed by atoms with Crippen LogP contribution < -0.4 is 0 Å². The van der Waals surface area contributed by atoms with Crippen LogP contribution in [0.15, 0.2) is 35.6 Å². The zero-order valence-electron chi connectivity index (χ0n) is 15.0. The summed E-state index contributed by atoms with van der Waals surface area (Å²) in [6.45, 7) is 5.60. The van der Waals surface area contributed by atoms with E-state index >= 15 is 0 Å². The average molecular weight is 349 g/mol. The maximum absolute atomic E-state index is 13.4. The van der Waals surface area contributed by atoms with E-state index in [2.05, 4.69) is 6.07 Å². The summed E-state index contributed by atoms with van der Waals surface area (Å²) in [7, 11) is 0. The summed E-state index contributed by atoms with van der Waals surface area (Å²) in [4.78, 5) is 40.0. The number of carbonyl (C=O) groups is 3. The number of Topliss-reactive ketones (excluding diaryl/α,β-unsaturated/α-hetero) is 3. The molecule has 0 radical (unpaired) electrons. The van der Waals surface area contributed by atoms with E-state index in [1.54, 1.807) is 31.2 Å². The van der Waals surface area contributed by atoms with Gasteiger partial charge in [0.25, 0.3) is 0 Å². The second-order valence-corrected chi connectivity index (χ2v) is 8.18. The number of allylic oxidation sites excluding steroid dienone is 2. The van der Waals surface area contributed by atoms with Gasteiger partial charge in [0.15, 0.2) is 17.3 Å². The predicted octanol–water partition coefficient (Wildman–Crippen LogP) is 3.25. The fourth-order valence-electron chi connectivity index (χ4n) is 4.72. The maximum atomic E-state index is 13.4. The van der Waals surface area contributed by atoms with Gasteiger partial charge < -0.3 is 4.74 Å². The average Bonchev–Trinajstić information content (AvgIpc) is 2.77. The van der Waals surface area contributed by atoms with Crippen molar-refractivity contribution in [2.24, 2.45) is 16.7 Å². The van der Waals surface area contributed by atoms with Crippen LogP contribution in [0.2, 0.25) is 0 Å². The molecule has 2 unspecified atom stereocenters. The Balaban J connectivity index is 2.05. The molecule has 1 aromatic rings. The minimum Gasteiger partial charge on any atom is -0.493 e. The SMILES string of the molecule is CC1OC2=C(C(=O)CC(C)(C)C2)C2(C(=O)c3ccccc3C2=O)C1C#N. The van der Waals surface area contributed by atoms with Crippen LogP contribution in [-0.4, -0.2) is 23.5 Å². The van der Waals surface area contributed by atoms with Crippen molar-refractivity contribution < 1.29 is 19.1 Å². The van der Waals surface area contributed by atoms with E-state index in [4.69, 9.17) is 4.74 Å². The van der Waals surface area contributed by atoms with E-state index in [1.807, 2.05) is 13.8 Å². The van der Waals surface area contributed by atoms with Gasteiger partial charge in [0.05, 0.1) is 11.6 Å². The van der Waals surface area contributed by atoms with Crippen molar-refractivity contribution in [1.82, 2.24) is 0 Å². The van der Waals surface area contributed by atoms with Crippen LogP contribution in [0.1, 0.15) is 54.3 Å². The molecule has 4 rings (SSSR count). The molecule has 0 saturated carbocycles. The highest BCUT2D eigenvalue weighted by Crippen LogP contribution is 2.56. The van der Waals surface area contributed by atoms with Gasteiger partial charge in [-0.05, 0) is 12.3 Å². The Kier molecular flexibility index (Phi) is 3.30. The van der Waals surface area contributed by atoms with Gasteiger partial charge in [-0.2, -0.15) is 5.26 Å². The van der Waals surface area contributed by atoms with Crippen LogP contribution in [0, 0.1) is 28.1 Å². The van der Waals surface area contributed by atoms with Crippen LogP contribution in [0.3, 0.4) is 0 Å². The van der Waals surface area contributed by atoms with Crippen molar-refractivity contribution in [3.8, 4) is 6.07 Å². The third-order valence-corrected chi connectivity index (χ3v) is 5.77. The molecule has 1 aromatic carbocycles. The molecular weight excluding hydrogens is 330 g/mol. The van der Waals surface area contributed by atoms with E-state index in [1.165, 1.54) is 0 Å². The molecule has 26 heavy (non-hydrogen) atoms. The maximum Gasteiger partial charge on any atom is 0.183 e. The van der Waals surface area contributed by atoms with Crippen LogP contribution in [0.25, 0.3) is 0 Å². The highest BCUT2D eigenvalue weighted by molar-refractivity contribution is 6.34. The van der Waals surface area contributed by atoms with Gasteiger partial charge in [0.1, 0.15) is 23.2 Å². The van der Waals surface area contributed by atoms with Crippen molar-refractivity contribution in [3.63, 3.8) is 0 Å². The number of ether oxygens (including phenoxy) is 1. The van der Waals surface area contributed by atoms with Crippen molar-refractivity contribution in [2.75, 3.05) is 0 Å². The molecule has 2 aliphatic carbocycles. The monoisotopic (exact) mass is 349 g/mol. The number of nitriles is 1. The van der Waals surface area contributed by atoms with E-state index < -0.39 is 29.0 Å². The number of hydrogen-bond donors (Lipinski definition) is 0. The molecule has 0 N–H and O–H groups in total. The van der Waals surface area contributed by atoms with Crippen LogP contribution in [-0.2, 0) is 9.53 Å². The predicted molar refractivity (Wildman–Crippen MR) is 92.2 cm³/mol. The molecular formula is C21H19NO4. The summed E-state index contributed by atoms with van der Waals surface area (Å²) in [6.07, 6.45) is 0.0398. The molecule has 132 valence electrons. The molecule has 5 heteroatoms. The van der Waals surface area contributed by atoms with Gasteiger partial charge in [-0.3, -0.25) is 14.4 Å². The number of ketones is 3. The molecule has 3 aliphatic rings. The van der Waals surface area contributed by atoms with Crippen molar-refractivity contribution in [1.29, 1.82) is 5.26 Å². The van der Waals surface area contributed by atoms with Gasteiger partial charge >= 0.3 is 0 Å². The van der Waals surface area contributed by atoms with Gasteiger partial charge in [-0.15, -0.1) is 0 Å². The summed E-state index contributed by atoms with van der Waals surface area (Å²) in [6, 6.07) is 8.67. The van der Waals surface area contributed by atoms with Gasteiger partial charge in [-0.1, -0.05) is 38.1 Å². The highest BCUT2D eigenvalue weighted by atomic mass is 16.5. The standard InChI is InChI=1S/C21H19NO4/c1-11-14(10-22)21(17-15(23)8-20(2,3)9-16(17)26-11)18(24)12-6-4-5-7-13(12)19(21)25/h4-7,11,14H,8-9H2,1-3H3. The lowest BCUT2D eigenvalue weighted by Gasteiger charge is -2.45. The first-order valence-electron chi connectivity index (χ1n) is 8.76. The minimum absolute atomic E-state index is 0.118. The molecule has 1 heterocycles. The molecule has 0 amide bonds. The van der Waals surface area contributed by atoms with E-state index in [0.717, 1.165) is 0 Å². The topological polar surface area (TPSA) is 84.2 Å². The number of fused-ring (bicyclic) bond motifs is 2. The summed E-state index contributed by atoms with van der Waals surface area (Å²) < 4.78 is 5.91. The second-order valence-electron chi connectivity index (χ2n) is 8.18. The zero-order valence-corrected chi connectivity index (χ0v) is 15.0. The smallest absolute Gasteiger partial charge is 0.183 e. The van der Waals surface area contributed by atoms with E-state index in [0.29, 0.717) is 12.2 Å². The number of hydrogen-bond acceptors (Lipinski definition) is 5. The largest absolute Gasteiger partial charge is 0.493 e. The van der Waals surface area contributed by atoms with Crippen molar-refractivity contribution in [2.45, 2.75) is 39.7 Å². The van der Waals surface area contributed by atoms with Gasteiger partial charge in [0, 0.05) is 24.0 Å². The molecule has 0 fully saturated rings. The first-order chi connectivity index (χ1) is 12.2. The number of carbonyl (C=O) groups excluding carboxylic acids is 3. The fourth-order valence-corrected chi connectivity index (χ4v) is 4.72. The third-order valence-electron chi connectivity index (χ3n) is 5.77. The molecule has 0 saturated heterocycles. The summed E-state index contributed by atoms with van der Waals surface area (Å²) in [5.74, 6) is -1.78. The quantitative estimate of drug-likeness (QED) is 0.671. The molecule has 1 spiro atoms. The summed E-state index contributed by atoms with van der Waals surface area (Å²) in [5, 5.41) is 9.81. The number of benzene rings is 1. The minimum atomic E-state index is -1.76. The Labute approximate surface area is 151 Å². The van der Waals surface area contributed by atoms with Gasteiger partial charge in [-0.25, -0.2) is 0 Å². The molecule has 2 atom stereocenters. The Morgan fingerprint density at radius 3 is 2.19 bits per heavy atom. The van der Waals surface area contributed by atoms with Crippen LogP contribution in [0.5, 0.6) is 0 Å². The fraction of sp³-hybridized carbons (Fsp3) is 0.429. The first kappa shape index (κ1) is 16.7. The van der Waals surface area contributed by atoms with Crippen molar-refractivity contribution in [3.05, 3.63) is 46.7 Å².